The number of amides is 1. The lowest BCUT2D eigenvalue weighted by Crippen LogP contribution is -2.15. The number of anilines is 2. The lowest BCUT2D eigenvalue weighted by atomic mass is 10.1. The topological polar surface area (TPSA) is 88.3 Å². The Balaban J connectivity index is 0.000000490. The third kappa shape index (κ3) is 14.7. The van der Waals surface area contributed by atoms with Crippen LogP contribution in [0.15, 0.2) is 96.6 Å². The van der Waals surface area contributed by atoms with Crippen molar-refractivity contribution in [2.75, 3.05) is 31.5 Å². The number of imidazole rings is 1. The van der Waals surface area contributed by atoms with Crippen LogP contribution in [-0.4, -0.2) is 36.7 Å². The predicted molar refractivity (Wildman–Crippen MR) is 200 cm³/mol. The minimum atomic E-state index is -0.0872. The second-order valence-corrected chi connectivity index (χ2v) is 11.2. The number of hydrogen-bond acceptors (Lipinski definition) is 5. The largest absolute Gasteiger partial charge is 0.493 e. The molecule has 4 rings (SSSR count). The lowest BCUT2D eigenvalue weighted by Gasteiger charge is -2.08. The van der Waals surface area contributed by atoms with Crippen molar-refractivity contribution in [1.82, 2.24) is 9.97 Å². The van der Waals surface area contributed by atoms with Crippen molar-refractivity contribution in [2.24, 2.45) is 0 Å². The molecule has 3 N–H and O–H groups in total. The van der Waals surface area contributed by atoms with Gasteiger partial charge >= 0.3 is 0 Å². The van der Waals surface area contributed by atoms with Gasteiger partial charge in [0.2, 0.25) is 5.91 Å². The van der Waals surface area contributed by atoms with Gasteiger partial charge in [0.05, 0.1) is 24.9 Å². The van der Waals surface area contributed by atoms with Crippen LogP contribution >= 0.6 is 9.24 Å². The molecule has 3 aromatic carbocycles. The van der Waals surface area contributed by atoms with Crippen LogP contribution in [0.2, 0.25) is 0 Å². The van der Waals surface area contributed by atoms with E-state index in [0.717, 1.165) is 57.2 Å². The van der Waals surface area contributed by atoms with Gasteiger partial charge in [-0.15, -0.1) is 9.24 Å². The fraction of sp³-hybridized carbons (Fsp3) is 0.316. The van der Waals surface area contributed by atoms with E-state index in [9.17, 15) is 4.79 Å². The second-order valence-electron chi connectivity index (χ2n) is 10.3. The maximum Gasteiger partial charge on any atom is 0.227 e. The fourth-order valence-corrected chi connectivity index (χ4v) is 4.16. The molecule has 0 fully saturated rings. The molecule has 0 radical (unpaired) electrons. The fourth-order valence-electron chi connectivity index (χ4n) is 4.03. The molecule has 0 aliphatic carbocycles. The van der Waals surface area contributed by atoms with Gasteiger partial charge in [-0.25, -0.2) is 4.98 Å². The molecular weight excluding hydrogens is 591 g/mol. The summed E-state index contributed by atoms with van der Waals surface area (Å²) < 4.78 is 9.82. The summed E-state index contributed by atoms with van der Waals surface area (Å²) >= 11 is 0. The minimum absolute atomic E-state index is 0.0872. The third-order valence-corrected chi connectivity index (χ3v) is 6.84. The SMILES string of the molecule is C/C(P)=C(\C)c1ncc(-c2cccc(NC(=O)CCOc3ccccc3)c2)[nH]1.C=C(C)Nc1ccc(CC)c(C)c1.CC.COC. The van der Waals surface area contributed by atoms with Crippen molar-refractivity contribution in [3.05, 3.63) is 114 Å². The molecule has 46 heavy (non-hydrogen) atoms. The van der Waals surface area contributed by atoms with Crippen LogP contribution in [0.25, 0.3) is 16.8 Å². The molecule has 0 aliphatic rings. The first-order chi connectivity index (χ1) is 22.1. The molecule has 1 unspecified atom stereocenters. The van der Waals surface area contributed by atoms with E-state index in [-0.39, 0.29) is 12.3 Å². The number of carbonyl (C=O) groups excluding carboxylic acids is 1. The number of nitrogens with zero attached hydrogens (tertiary/aromatic N) is 1. The highest BCUT2D eigenvalue weighted by Gasteiger charge is 2.08. The summed E-state index contributed by atoms with van der Waals surface area (Å²) in [7, 11) is 5.94. The number of para-hydroxylation sites is 1. The number of H-pyrrole nitrogens is 1. The zero-order valence-corrected chi connectivity index (χ0v) is 30.2. The van der Waals surface area contributed by atoms with E-state index in [4.69, 9.17) is 4.74 Å². The summed E-state index contributed by atoms with van der Waals surface area (Å²) in [6.45, 7) is 18.5. The normalized spacial score (nSPS) is 10.4. The van der Waals surface area contributed by atoms with Gasteiger partial charge in [-0.1, -0.05) is 63.7 Å². The van der Waals surface area contributed by atoms with Crippen LogP contribution in [-0.2, 0) is 16.0 Å². The number of carbonyl (C=O) groups is 1. The summed E-state index contributed by atoms with van der Waals surface area (Å²) in [6, 6.07) is 23.6. The van der Waals surface area contributed by atoms with E-state index in [1.54, 1.807) is 20.4 Å². The molecule has 0 saturated carbocycles. The predicted octanol–water partition coefficient (Wildman–Crippen LogP) is 9.90. The van der Waals surface area contributed by atoms with E-state index in [2.05, 4.69) is 73.2 Å². The maximum absolute atomic E-state index is 12.2. The number of ether oxygens (including phenoxy) is 2. The standard InChI is InChI=1S/C22H24N3O2P.C12H17N.C2H6O.C2H6/c1-15(16(2)28)22-23-14-20(25-22)17-7-6-8-18(13-17)24-21(26)11-12-27-19-9-4-3-5-10-19;1-5-11-6-7-12(8-10(11)4)13-9(2)3;1-3-2;1-2/h3-10,13-14H,11-12,28H2,1-2H3,(H,23,25)(H,24,26);6-8,13H,2,5H2,1,3-4H3;1-2H3;1-2H3/b16-15-;;;. The van der Waals surface area contributed by atoms with E-state index < -0.39 is 0 Å². The Morgan fingerprint density at radius 1 is 0.935 bits per heavy atom. The van der Waals surface area contributed by atoms with Crippen molar-refractivity contribution < 1.29 is 14.3 Å². The third-order valence-electron chi connectivity index (χ3n) is 6.40. The Labute approximate surface area is 279 Å². The summed E-state index contributed by atoms with van der Waals surface area (Å²) in [5.41, 5.74) is 8.56. The molecule has 0 aliphatic heterocycles. The highest BCUT2D eigenvalue weighted by Crippen LogP contribution is 2.25. The summed E-state index contributed by atoms with van der Waals surface area (Å²) in [4.78, 5) is 20.0. The second kappa shape index (κ2) is 22.3. The van der Waals surface area contributed by atoms with Crippen LogP contribution in [0.5, 0.6) is 5.75 Å². The molecule has 0 bridgehead atoms. The van der Waals surface area contributed by atoms with Gasteiger partial charge in [-0.2, -0.15) is 0 Å². The van der Waals surface area contributed by atoms with Crippen LogP contribution in [0, 0.1) is 6.92 Å². The number of methoxy groups -OCH3 is 1. The van der Waals surface area contributed by atoms with Gasteiger partial charge in [-0.05, 0) is 92.5 Å². The van der Waals surface area contributed by atoms with Gasteiger partial charge in [0.15, 0.2) is 0 Å². The van der Waals surface area contributed by atoms with Crippen LogP contribution in [0.3, 0.4) is 0 Å². The molecule has 1 amide bonds. The molecule has 8 heteroatoms. The van der Waals surface area contributed by atoms with Gasteiger partial charge in [0, 0.05) is 36.9 Å². The van der Waals surface area contributed by atoms with Crippen LogP contribution < -0.4 is 15.4 Å². The Hall–Kier alpha value is -4.19. The Morgan fingerprint density at radius 2 is 1.59 bits per heavy atom. The van der Waals surface area contributed by atoms with Gasteiger partial charge in [0.25, 0.3) is 0 Å². The van der Waals surface area contributed by atoms with Crippen molar-refractivity contribution in [3.63, 3.8) is 0 Å². The first-order valence-corrected chi connectivity index (χ1v) is 16.1. The molecule has 4 aromatic rings. The van der Waals surface area contributed by atoms with Gasteiger partial charge < -0.3 is 25.1 Å². The Bertz CT molecular complexity index is 1510. The number of hydrogen-bond donors (Lipinski definition) is 3. The highest BCUT2D eigenvalue weighted by molar-refractivity contribution is 7.22. The van der Waals surface area contributed by atoms with Gasteiger partial charge in [0.1, 0.15) is 11.6 Å². The zero-order chi connectivity index (χ0) is 34.5. The Kier molecular flexibility index (Phi) is 19.3. The average molecular weight is 645 g/mol. The van der Waals surface area contributed by atoms with Crippen molar-refractivity contribution in [3.8, 4) is 17.0 Å². The molecule has 7 nitrogen and oxygen atoms in total. The van der Waals surface area contributed by atoms with Crippen LogP contribution in [0.1, 0.15) is 64.9 Å². The molecule has 1 aromatic heterocycles. The van der Waals surface area contributed by atoms with E-state index in [1.807, 2.05) is 89.2 Å². The first kappa shape index (κ1) is 39.8. The number of aromatic nitrogens is 2. The summed E-state index contributed by atoms with van der Waals surface area (Å²) in [6.07, 6.45) is 3.19. The van der Waals surface area contributed by atoms with Crippen LogP contribution in [0.4, 0.5) is 11.4 Å². The number of allylic oxidation sites excluding steroid dienone is 3. The van der Waals surface area contributed by atoms with E-state index in [1.165, 1.54) is 11.1 Å². The van der Waals surface area contributed by atoms with Crippen molar-refractivity contribution in [1.29, 1.82) is 0 Å². The quantitative estimate of drug-likeness (QED) is 0.150. The highest BCUT2D eigenvalue weighted by atomic mass is 31.0. The number of benzene rings is 3. The van der Waals surface area contributed by atoms with Gasteiger partial charge in [-0.3, -0.25) is 4.79 Å². The number of aryl methyl sites for hydroxylation is 2. The zero-order valence-electron chi connectivity index (χ0n) is 29.1. The number of nitrogens with one attached hydrogen (secondary N) is 3. The monoisotopic (exact) mass is 644 g/mol. The number of aromatic amines is 1. The number of rotatable bonds is 10. The molecule has 0 spiro atoms. The Morgan fingerprint density at radius 3 is 2.17 bits per heavy atom. The van der Waals surface area contributed by atoms with E-state index in [0.29, 0.717) is 6.61 Å². The molecule has 1 atom stereocenters. The minimum Gasteiger partial charge on any atom is -0.493 e. The summed E-state index contributed by atoms with van der Waals surface area (Å²) in [5.74, 6) is 1.52. The lowest BCUT2D eigenvalue weighted by molar-refractivity contribution is -0.116. The maximum atomic E-state index is 12.2. The van der Waals surface area contributed by atoms with Crippen molar-refractivity contribution in [2.45, 2.75) is 61.3 Å². The molecule has 0 saturated heterocycles. The smallest absolute Gasteiger partial charge is 0.227 e. The van der Waals surface area contributed by atoms with E-state index >= 15 is 0 Å². The molecule has 1 heterocycles. The first-order valence-electron chi connectivity index (χ1n) is 15.6. The molecule has 248 valence electrons. The average Bonchev–Trinajstić information content (AvgIpc) is 3.53. The summed E-state index contributed by atoms with van der Waals surface area (Å²) in [5, 5.41) is 7.26. The molecular formula is C38H53N4O3P. The van der Waals surface area contributed by atoms with Crippen molar-refractivity contribution >= 4 is 32.1 Å².